The van der Waals surface area contributed by atoms with Crippen LogP contribution in [0.4, 0.5) is 5.69 Å². The van der Waals surface area contributed by atoms with Gasteiger partial charge in [-0.25, -0.2) is 0 Å². The van der Waals surface area contributed by atoms with Crippen molar-refractivity contribution in [2.75, 3.05) is 11.9 Å². The van der Waals surface area contributed by atoms with Crippen molar-refractivity contribution < 1.29 is 23.9 Å². The van der Waals surface area contributed by atoms with Gasteiger partial charge in [0.25, 0.3) is 0 Å². The lowest BCUT2D eigenvalue weighted by Crippen LogP contribution is -2.41. The van der Waals surface area contributed by atoms with Crippen molar-refractivity contribution in [2.45, 2.75) is 46.0 Å². The zero-order valence-electron chi connectivity index (χ0n) is 18.4. The van der Waals surface area contributed by atoms with E-state index in [0.717, 1.165) is 16.7 Å². The predicted octanol–water partition coefficient (Wildman–Crippen LogP) is 2.74. The summed E-state index contributed by atoms with van der Waals surface area (Å²) in [6, 6.07) is 15.2. The van der Waals surface area contributed by atoms with Crippen LogP contribution < -0.4 is 16.2 Å². The maximum atomic E-state index is 12.0. The summed E-state index contributed by atoms with van der Waals surface area (Å²) in [6.07, 6.45) is 0.291. The third kappa shape index (κ3) is 9.42. The van der Waals surface area contributed by atoms with Gasteiger partial charge in [-0.05, 0) is 42.7 Å². The Balaban J connectivity index is 1.55. The number of esters is 1. The number of anilines is 1. The van der Waals surface area contributed by atoms with Crippen LogP contribution in [0.1, 0.15) is 42.4 Å². The summed E-state index contributed by atoms with van der Waals surface area (Å²) < 4.78 is 5.10. The molecule has 0 aliphatic carbocycles. The molecule has 3 N–H and O–H groups in total. The van der Waals surface area contributed by atoms with E-state index in [0.29, 0.717) is 12.1 Å². The van der Waals surface area contributed by atoms with Gasteiger partial charge in [0.1, 0.15) is 0 Å². The van der Waals surface area contributed by atoms with Crippen molar-refractivity contribution >= 4 is 29.4 Å². The van der Waals surface area contributed by atoms with Crippen LogP contribution in [0, 0.1) is 13.8 Å². The fraction of sp³-hybridized carbons (Fsp3) is 0.333. The quantitative estimate of drug-likeness (QED) is 0.389. The first-order valence-corrected chi connectivity index (χ1v) is 10.5. The van der Waals surface area contributed by atoms with Crippen LogP contribution in [0.3, 0.4) is 0 Å². The van der Waals surface area contributed by atoms with Gasteiger partial charge in [-0.2, -0.15) is 0 Å². The summed E-state index contributed by atoms with van der Waals surface area (Å²) in [5, 5.41) is 2.73. The van der Waals surface area contributed by atoms with Crippen molar-refractivity contribution in [3.8, 4) is 0 Å². The molecule has 8 nitrogen and oxygen atoms in total. The van der Waals surface area contributed by atoms with E-state index >= 15 is 0 Å². The lowest BCUT2D eigenvalue weighted by Gasteiger charge is -2.09. The average Bonchev–Trinajstić information content (AvgIpc) is 2.78. The van der Waals surface area contributed by atoms with E-state index in [-0.39, 0.29) is 38.2 Å². The zero-order chi connectivity index (χ0) is 23.3. The molecule has 0 aromatic heterocycles. The predicted molar refractivity (Wildman–Crippen MR) is 120 cm³/mol. The summed E-state index contributed by atoms with van der Waals surface area (Å²) in [4.78, 5) is 47.3. The summed E-state index contributed by atoms with van der Waals surface area (Å²) in [5.41, 5.74) is 8.37. The number of rotatable bonds is 10. The van der Waals surface area contributed by atoms with E-state index in [4.69, 9.17) is 4.74 Å². The summed E-state index contributed by atoms with van der Waals surface area (Å²) in [6.45, 7) is 4.17. The third-order valence-corrected chi connectivity index (χ3v) is 4.76. The molecule has 0 fully saturated rings. The van der Waals surface area contributed by atoms with Gasteiger partial charge in [-0.1, -0.05) is 36.4 Å². The molecule has 0 aliphatic heterocycles. The second-order valence-corrected chi connectivity index (χ2v) is 7.40. The molecular weight excluding hydrogens is 410 g/mol. The van der Waals surface area contributed by atoms with Gasteiger partial charge in [-0.15, -0.1) is 0 Å². The van der Waals surface area contributed by atoms with Crippen molar-refractivity contribution in [3.05, 3.63) is 65.2 Å². The lowest BCUT2D eigenvalue weighted by molar-refractivity contribution is -0.145. The van der Waals surface area contributed by atoms with Crippen LogP contribution in [-0.4, -0.2) is 30.3 Å². The van der Waals surface area contributed by atoms with Gasteiger partial charge in [0.2, 0.25) is 17.7 Å². The number of carbonyl (C=O) groups is 4. The number of nitrogens with one attached hydrogen (secondary N) is 3. The Labute approximate surface area is 187 Å². The van der Waals surface area contributed by atoms with Gasteiger partial charge < -0.3 is 10.1 Å². The molecule has 0 radical (unpaired) electrons. The topological polar surface area (TPSA) is 114 Å². The van der Waals surface area contributed by atoms with Crippen molar-refractivity contribution in [3.63, 3.8) is 0 Å². The molecule has 0 bridgehead atoms. The first-order chi connectivity index (χ1) is 15.3. The Hall–Kier alpha value is -3.68. The minimum absolute atomic E-state index is 0.0254. The zero-order valence-corrected chi connectivity index (χ0v) is 18.4. The number of hydrogen-bond acceptors (Lipinski definition) is 5. The second-order valence-electron chi connectivity index (χ2n) is 7.40. The molecule has 170 valence electrons. The fourth-order valence-corrected chi connectivity index (χ4v) is 2.75. The summed E-state index contributed by atoms with van der Waals surface area (Å²) in [7, 11) is 0. The third-order valence-electron chi connectivity index (χ3n) is 4.76. The van der Waals surface area contributed by atoms with Gasteiger partial charge in [0, 0.05) is 31.4 Å². The highest BCUT2D eigenvalue weighted by Crippen LogP contribution is 2.14. The Morgan fingerprint density at radius 1 is 0.750 bits per heavy atom. The Morgan fingerprint density at radius 3 is 2.03 bits per heavy atom. The number of benzene rings is 2. The van der Waals surface area contributed by atoms with Gasteiger partial charge in [0.05, 0.1) is 13.0 Å². The van der Waals surface area contributed by atoms with E-state index < -0.39 is 17.8 Å². The van der Waals surface area contributed by atoms with Crippen molar-refractivity contribution in [2.24, 2.45) is 0 Å². The highest BCUT2D eigenvalue weighted by atomic mass is 16.5. The molecule has 2 rings (SSSR count). The van der Waals surface area contributed by atoms with E-state index in [9.17, 15) is 19.2 Å². The number of amides is 3. The van der Waals surface area contributed by atoms with Crippen LogP contribution in [-0.2, 0) is 30.3 Å². The smallest absolute Gasteiger partial charge is 0.306 e. The average molecular weight is 440 g/mol. The molecular formula is C24H29N3O5. The Kier molecular flexibility index (Phi) is 9.90. The number of ether oxygens (including phenoxy) is 1. The molecule has 3 amide bonds. The van der Waals surface area contributed by atoms with Crippen LogP contribution in [0.15, 0.2) is 48.5 Å². The minimum atomic E-state index is -0.516. The highest BCUT2D eigenvalue weighted by molar-refractivity contribution is 5.93. The number of hydrazine groups is 1. The van der Waals surface area contributed by atoms with Crippen LogP contribution in [0.25, 0.3) is 0 Å². The molecule has 8 heteroatoms. The number of aryl methyl sites for hydroxylation is 2. The molecule has 0 atom stereocenters. The first kappa shape index (κ1) is 24.6. The molecule has 0 spiro atoms. The van der Waals surface area contributed by atoms with Gasteiger partial charge in [-0.3, -0.25) is 30.0 Å². The van der Waals surface area contributed by atoms with E-state index in [1.807, 2.05) is 56.3 Å². The standard InChI is InChI=1S/C24H29N3O5/c1-17-8-9-20(16-18(17)2)25-21(28)10-11-22(29)26-27-23(30)12-13-24(31)32-15-14-19-6-4-3-5-7-19/h3-9,16H,10-15H2,1-2H3,(H,25,28)(H,26,29)(H,27,30). The van der Waals surface area contributed by atoms with E-state index in [1.165, 1.54) is 0 Å². The minimum Gasteiger partial charge on any atom is -0.465 e. The first-order valence-electron chi connectivity index (χ1n) is 10.5. The number of carbonyl (C=O) groups excluding carboxylic acids is 4. The fourth-order valence-electron chi connectivity index (χ4n) is 2.75. The Morgan fingerprint density at radius 2 is 1.38 bits per heavy atom. The van der Waals surface area contributed by atoms with Gasteiger partial charge in [0.15, 0.2) is 0 Å². The molecule has 0 saturated heterocycles. The molecule has 0 saturated carbocycles. The van der Waals surface area contributed by atoms with Crippen LogP contribution >= 0.6 is 0 Å². The SMILES string of the molecule is Cc1ccc(NC(=O)CCC(=O)NNC(=O)CCC(=O)OCCc2ccccc2)cc1C. The van der Waals surface area contributed by atoms with Gasteiger partial charge >= 0.3 is 5.97 Å². The molecule has 32 heavy (non-hydrogen) atoms. The van der Waals surface area contributed by atoms with Crippen LogP contribution in [0.2, 0.25) is 0 Å². The second kappa shape index (κ2) is 12.9. The van der Waals surface area contributed by atoms with Crippen LogP contribution in [0.5, 0.6) is 0 Å². The van der Waals surface area contributed by atoms with E-state index in [2.05, 4.69) is 16.2 Å². The maximum absolute atomic E-state index is 12.0. The van der Waals surface area contributed by atoms with Crippen molar-refractivity contribution in [1.82, 2.24) is 10.9 Å². The molecule has 0 heterocycles. The summed E-state index contributed by atoms with van der Waals surface area (Å²) >= 11 is 0. The molecule has 0 aliphatic rings. The number of hydrogen-bond donors (Lipinski definition) is 3. The largest absolute Gasteiger partial charge is 0.465 e. The molecule has 2 aromatic rings. The monoisotopic (exact) mass is 439 g/mol. The maximum Gasteiger partial charge on any atom is 0.306 e. The highest BCUT2D eigenvalue weighted by Gasteiger charge is 2.11. The normalized spacial score (nSPS) is 10.2. The lowest BCUT2D eigenvalue weighted by atomic mass is 10.1. The molecule has 0 unspecified atom stereocenters. The summed E-state index contributed by atoms with van der Waals surface area (Å²) in [5.74, 6) is -1.80. The Bertz CT molecular complexity index is 944. The molecule has 2 aromatic carbocycles. The van der Waals surface area contributed by atoms with Crippen molar-refractivity contribution in [1.29, 1.82) is 0 Å². The van der Waals surface area contributed by atoms with E-state index in [1.54, 1.807) is 6.07 Å².